The summed E-state index contributed by atoms with van der Waals surface area (Å²) in [5.41, 5.74) is 0.646. The zero-order chi connectivity index (χ0) is 14.8. The SMILES string of the molecule is NS(=O)(=O)c1ccc(/C=C/c2n[nH]nc2C(=O)O)cc1. The largest absolute Gasteiger partial charge is 0.476 e. The first-order chi connectivity index (χ1) is 9.38. The van der Waals surface area contributed by atoms with Gasteiger partial charge in [-0.05, 0) is 23.8 Å². The van der Waals surface area contributed by atoms with Gasteiger partial charge in [0.25, 0.3) is 0 Å². The van der Waals surface area contributed by atoms with Crippen molar-refractivity contribution in [3.8, 4) is 0 Å². The summed E-state index contributed by atoms with van der Waals surface area (Å²) >= 11 is 0. The van der Waals surface area contributed by atoms with Crippen LogP contribution in [0.4, 0.5) is 0 Å². The molecule has 9 heteroatoms. The van der Waals surface area contributed by atoms with Gasteiger partial charge in [-0.15, -0.1) is 5.10 Å². The molecule has 0 aliphatic rings. The van der Waals surface area contributed by atoms with Crippen LogP contribution in [0.5, 0.6) is 0 Å². The van der Waals surface area contributed by atoms with Crippen LogP contribution in [0, 0.1) is 0 Å². The average Bonchev–Trinajstić information content (AvgIpc) is 2.84. The predicted molar refractivity (Wildman–Crippen MR) is 70.1 cm³/mol. The summed E-state index contributed by atoms with van der Waals surface area (Å²) < 4.78 is 22.2. The van der Waals surface area contributed by atoms with E-state index in [1.807, 2.05) is 0 Å². The number of carboxylic acid groups (broad SMARTS) is 1. The van der Waals surface area contributed by atoms with E-state index < -0.39 is 16.0 Å². The van der Waals surface area contributed by atoms with Crippen LogP contribution in [-0.4, -0.2) is 34.9 Å². The van der Waals surface area contributed by atoms with E-state index in [9.17, 15) is 13.2 Å². The van der Waals surface area contributed by atoms with Crippen LogP contribution in [0.25, 0.3) is 12.2 Å². The molecule has 0 saturated heterocycles. The molecule has 1 aromatic heterocycles. The van der Waals surface area contributed by atoms with Gasteiger partial charge < -0.3 is 5.11 Å². The topological polar surface area (TPSA) is 139 Å². The predicted octanol–water partition coefficient (Wildman–Crippen LogP) is 0.321. The Morgan fingerprint density at radius 2 is 1.85 bits per heavy atom. The lowest BCUT2D eigenvalue weighted by atomic mass is 10.2. The van der Waals surface area contributed by atoms with Gasteiger partial charge in [0.05, 0.1) is 4.90 Å². The number of H-pyrrole nitrogens is 1. The number of hydrogen-bond acceptors (Lipinski definition) is 5. The van der Waals surface area contributed by atoms with Crippen LogP contribution in [0.3, 0.4) is 0 Å². The molecule has 1 heterocycles. The zero-order valence-corrected chi connectivity index (χ0v) is 10.8. The summed E-state index contributed by atoms with van der Waals surface area (Å²) in [6.07, 6.45) is 3.04. The number of nitrogens with zero attached hydrogens (tertiary/aromatic N) is 2. The Morgan fingerprint density at radius 1 is 1.20 bits per heavy atom. The number of carbonyl (C=O) groups is 1. The summed E-state index contributed by atoms with van der Waals surface area (Å²) in [4.78, 5) is 10.8. The molecule has 4 N–H and O–H groups in total. The van der Waals surface area contributed by atoms with Crippen molar-refractivity contribution in [2.75, 3.05) is 0 Å². The van der Waals surface area contributed by atoms with Crippen molar-refractivity contribution >= 4 is 28.1 Å². The van der Waals surface area contributed by atoms with Gasteiger partial charge in [-0.1, -0.05) is 18.2 Å². The van der Waals surface area contributed by atoms with Crippen molar-refractivity contribution in [2.24, 2.45) is 5.14 Å². The average molecular weight is 294 g/mol. The van der Waals surface area contributed by atoms with Gasteiger partial charge in [-0.2, -0.15) is 10.3 Å². The number of sulfonamides is 1. The molecule has 20 heavy (non-hydrogen) atoms. The van der Waals surface area contributed by atoms with E-state index in [1.54, 1.807) is 6.08 Å². The summed E-state index contributed by atoms with van der Waals surface area (Å²) in [6.45, 7) is 0. The zero-order valence-electron chi connectivity index (χ0n) is 10.0. The lowest BCUT2D eigenvalue weighted by Gasteiger charge is -1.98. The van der Waals surface area contributed by atoms with Gasteiger partial charge >= 0.3 is 5.97 Å². The molecule has 0 atom stereocenters. The maximum Gasteiger partial charge on any atom is 0.358 e. The molecule has 8 nitrogen and oxygen atoms in total. The fraction of sp³-hybridized carbons (Fsp3) is 0. The first kappa shape index (κ1) is 13.9. The smallest absolute Gasteiger partial charge is 0.358 e. The number of benzene rings is 1. The molecule has 104 valence electrons. The molecule has 0 unspecified atom stereocenters. The molecule has 0 aliphatic carbocycles. The minimum atomic E-state index is -3.72. The van der Waals surface area contributed by atoms with Crippen molar-refractivity contribution in [3.05, 3.63) is 41.2 Å². The van der Waals surface area contributed by atoms with E-state index in [0.717, 1.165) is 0 Å². The molecule has 1 aromatic carbocycles. The lowest BCUT2D eigenvalue weighted by Crippen LogP contribution is -2.11. The summed E-state index contributed by atoms with van der Waals surface area (Å²) in [6, 6.07) is 5.79. The Kier molecular flexibility index (Phi) is 3.63. The third kappa shape index (κ3) is 3.08. The first-order valence-corrected chi connectivity index (χ1v) is 6.87. The van der Waals surface area contributed by atoms with Crippen LogP contribution < -0.4 is 5.14 Å². The molecule has 0 aliphatic heterocycles. The monoisotopic (exact) mass is 294 g/mol. The minimum Gasteiger partial charge on any atom is -0.476 e. The minimum absolute atomic E-state index is 0.00214. The fourth-order valence-electron chi connectivity index (χ4n) is 1.46. The van der Waals surface area contributed by atoms with Gasteiger partial charge in [0.1, 0.15) is 5.69 Å². The van der Waals surface area contributed by atoms with Crippen LogP contribution in [0.15, 0.2) is 29.2 Å². The third-order valence-electron chi connectivity index (χ3n) is 2.42. The van der Waals surface area contributed by atoms with Crippen molar-refractivity contribution in [3.63, 3.8) is 0 Å². The number of aromatic nitrogens is 3. The van der Waals surface area contributed by atoms with Crippen LogP contribution in [0.1, 0.15) is 21.7 Å². The van der Waals surface area contributed by atoms with E-state index in [-0.39, 0.29) is 16.3 Å². The lowest BCUT2D eigenvalue weighted by molar-refractivity contribution is 0.0690. The maximum absolute atomic E-state index is 11.1. The van der Waals surface area contributed by atoms with Gasteiger partial charge in [0, 0.05) is 0 Å². The number of primary sulfonamides is 1. The summed E-state index contributed by atoms with van der Waals surface area (Å²) in [7, 11) is -3.72. The van der Waals surface area contributed by atoms with E-state index in [0.29, 0.717) is 5.56 Å². The number of rotatable bonds is 4. The van der Waals surface area contributed by atoms with Crippen molar-refractivity contribution < 1.29 is 18.3 Å². The van der Waals surface area contributed by atoms with E-state index >= 15 is 0 Å². The second-order valence-electron chi connectivity index (χ2n) is 3.81. The second kappa shape index (κ2) is 5.23. The highest BCUT2D eigenvalue weighted by atomic mass is 32.2. The van der Waals surface area contributed by atoms with Crippen LogP contribution in [0.2, 0.25) is 0 Å². The molecular formula is C11H10N4O4S. The molecule has 0 spiro atoms. The molecule has 0 bridgehead atoms. The Labute approximate surface area is 114 Å². The van der Waals surface area contributed by atoms with Gasteiger partial charge in [-0.25, -0.2) is 18.4 Å². The Hall–Kier alpha value is -2.52. The van der Waals surface area contributed by atoms with E-state index in [2.05, 4.69) is 15.4 Å². The van der Waals surface area contributed by atoms with Gasteiger partial charge in [0.15, 0.2) is 5.69 Å². The highest BCUT2D eigenvalue weighted by molar-refractivity contribution is 7.89. The molecule has 0 amide bonds. The second-order valence-corrected chi connectivity index (χ2v) is 5.37. The highest BCUT2D eigenvalue weighted by Gasteiger charge is 2.12. The van der Waals surface area contributed by atoms with Gasteiger partial charge in [-0.3, -0.25) is 0 Å². The molecule has 2 aromatic rings. The molecule has 2 rings (SSSR count). The maximum atomic E-state index is 11.1. The molecule has 0 saturated carbocycles. The van der Waals surface area contributed by atoms with Crippen molar-refractivity contribution in [1.82, 2.24) is 15.4 Å². The van der Waals surface area contributed by atoms with Gasteiger partial charge in [0.2, 0.25) is 10.0 Å². The highest BCUT2D eigenvalue weighted by Crippen LogP contribution is 2.12. The van der Waals surface area contributed by atoms with Crippen molar-refractivity contribution in [2.45, 2.75) is 4.90 Å². The third-order valence-corrected chi connectivity index (χ3v) is 3.35. The fourth-order valence-corrected chi connectivity index (χ4v) is 1.97. The summed E-state index contributed by atoms with van der Waals surface area (Å²) in [5, 5.41) is 23.2. The van der Waals surface area contributed by atoms with E-state index in [1.165, 1.54) is 30.3 Å². The molecule has 0 radical (unpaired) electrons. The first-order valence-electron chi connectivity index (χ1n) is 5.33. The number of aromatic amines is 1. The standard InChI is InChI=1S/C11H10N4O4S/c12-20(18,19)8-4-1-7(2-5-8)3-6-9-10(11(16)17)14-15-13-9/h1-6H,(H,16,17)(H2,12,18,19)(H,13,14,15)/b6-3+. The number of nitrogens with two attached hydrogens (primary N) is 1. The number of carboxylic acids is 1. The Bertz CT molecular complexity index is 762. The number of hydrogen-bond donors (Lipinski definition) is 3. The Balaban J connectivity index is 2.24. The van der Waals surface area contributed by atoms with E-state index in [4.69, 9.17) is 10.2 Å². The quantitative estimate of drug-likeness (QED) is 0.742. The van der Waals surface area contributed by atoms with Crippen molar-refractivity contribution in [1.29, 1.82) is 0 Å². The molecule has 0 fully saturated rings. The normalized spacial score (nSPS) is 11.8. The van der Waals surface area contributed by atoms with Crippen LogP contribution >= 0.6 is 0 Å². The number of aromatic carboxylic acids is 1. The number of nitrogens with one attached hydrogen (secondary N) is 1. The Morgan fingerprint density at radius 3 is 2.40 bits per heavy atom. The molecular weight excluding hydrogens is 284 g/mol. The summed E-state index contributed by atoms with van der Waals surface area (Å²) in [5.74, 6) is -1.19. The van der Waals surface area contributed by atoms with Crippen LogP contribution in [-0.2, 0) is 10.0 Å².